The van der Waals surface area contributed by atoms with Crippen molar-refractivity contribution < 1.29 is 13.2 Å². The Morgan fingerprint density at radius 2 is 1.81 bits per heavy atom. The van der Waals surface area contributed by atoms with E-state index in [1.807, 2.05) is 55.5 Å². The lowest BCUT2D eigenvalue weighted by atomic mass is 9.97. The molecule has 1 aliphatic rings. The van der Waals surface area contributed by atoms with E-state index in [1.165, 1.54) is 4.31 Å². The number of carbonyl (C=O) groups excluding carboxylic acids is 1. The molecular weight excluding hydrogens is 475 g/mol. The average Bonchev–Trinajstić information content (AvgIpc) is 2.64. The van der Waals surface area contributed by atoms with Gasteiger partial charge in [-0.3, -0.25) is 4.79 Å². The smallest absolute Gasteiger partial charge is 0.227 e. The Morgan fingerprint density at radius 1 is 1.15 bits per heavy atom. The van der Waals surface area contributed by atoms with Crippen molar-refractivity contribution in [3.63, 3.8) is 0 Å². The number of aryl methyl sites for hydroxylation is 1. The maximum absolute atomic E-state index is 12.6. The molecule has 0 radical (unpaired) electrons. The van der Waals surface area contributed by atoms with Gasteiger partial charge < -0.3 is 5.32 Å². The first-order valence-corrected chi connectivity index (χ1v) is 11.6. The Balaban J connectivity index is 1.57. The van der Waals surface area contributed by atoms with Crippen molar-refractivity contribution in [1.82, 2.24) is 4.31 Å². The van der Waals surface area contributed by atoms with Crippen molar-refractivity contribution in [3.8, 4) is 0 Å². The zero-order valence-electron chi connectivity index (χ0n) is 15.2. The Hall–Kier alpha value is -1.45. The monoisotopic (exact) mass is 498 g/mol. The number of amides is 1. The van der Waals surface area contributed by atoms with E-state index in [1.54, 1.807) is 0 Å². The summed E-state index contributed by atoms with van der Waals surface area (Å²) in [5, 5.41) is 2.99. The zero-order valence-corrected chi connectivity index (χ0v) is 18.2. The molecule has 1 fully saturated rings. The molecule has 0 unspecified atom stereocenters. The fourth-order valence-electron chi connectivity index (χ4n) is 3.27. The lowest BCUT2D eigenvalue weighted by Crippen LogP contribution is -2.41. The molecule has 3 rings (SSSR count). The Kier molecular flexibility index (Phi) is 6.54. The normalized spacial score (nSPS) is 16.2. The molecule has 0 spiro atoms. The number of carbonyl (C=O) groups is 1. The van der Waals surface area contributed by atoms with Crippen LogP contribution in [-0.2, 0) is 20.6 Å². The molecule has 0 aromatic heterocycles. The second-order valence-corrected chi connectivity index (χ2v) is 10.1. The predicted molar refractivity (Wildman–Crippen MR) is 116 cm³/mol. The molecule has 0 aliphatic carbocycles. The SMILES string of the molecule is Cc1cc(I)ccc1NC(=O)C1CCN(S(=O)(=O)Cc2ccccc2)CC1. The second-order valence-electron chi connectivity index (χ2n) is 6.86. The van der Waals surface area contributed by atoms with Gasteiger partial charge in [0.1, 0.15) is 0 Å². The van der Waals surface area contributed by atoms with Crippen molar-refractivity contribution in [2.24, 2.45) is 5.92 Å². The Morgan fingerprint density at radius 3 is 2.44 bits per heavy atom. The van der Waals surface area contributed by atoms with Crippen LogP contribution in [0.25, 0.3) is 0 Å². The summed E-state index contributed by atoms with van der Waals surface area (Å²) in [6.07, 6.45) is 1.09. The van der Waals surface area contributed by atoms with Gasteiger partial charge in [0.15, 0.2) is 0 Å². The molecule has 27 heavy (non-hydrogen) atoms. The summed E-state index contributed by atoms with van der Waals surface area (Å²) in [4.78, 5) is 12.6. The summed E-state index contributed by atoms with van der Waals surface area (Å²) < 4.78 is 27.9. The third-order valence-corrected chi connectivity index (χ3v) is 7.38. The largest absolute Gasteiger partial charge is 0.326 e. The molecule has 1 amide bonds. The van der Waals surface area contributed by atoms with Crippen molar-refractivity contribution in [3.05, 3.63) is 63.2 Å². The van der Waals surface area contributed by atoms with Gasteiger partial charge in [-0.05, 0) is 71.7 Å². The second kappa shape index (κ2) is 8.70. The van der Waals surface area contributed by atoms with Crippen LogP contribution in [0.5, 0.6) is 0 Å². The lowest BCUT2D eigenvalue weighted by molar-refractivity contribution is -0.120. The van der Waals surface area contributed by atoms with Gasteiger partial charge in [-0.15, -0.1) is 0 Å². The minimum Gasteiger partial charge on any atom is -0.326 e. The summed E-state index contributed by atoms with van der Waals surface area (Å²) in [7, 11) is -3.36. The molecule has 0 atom stereocenters. The number of piperidine rings is 1. The highest BCUT2D eigenvalue weighted by atomic mass is 127. The van der Waals surface area contributed by atoms with E-state index < -0.39 is 10.0 Å². The maximum atomic E-state index is 12.6. The summed E-state index contributed by atoms with van der Waals surface area (Å²) in [6.45, 7) is 2.74. The van der Waals surface area contributed by atoms with Gasteiger partial charge in [0, 0.05) is 28.3 Å². The molecule has 1 N–H and O–H groups in total. The van der Waals surface area contributed by atoms with E-state index >= 15 is 0 Å². The molecule has 144 valence electrons. The Labute approximate surface area is 174 Å². The fraction of sp³-hybridized carbons (Fsp3) is 0.350. The highest BCUT2D eigenvalue weighted by Crippen LogP contribution is 2.24. The van der Waals surface area contributed by atoms with Gasteiger partial charge in [-0.2, -0.15) is 0 Å². The number of nitrogens with zero attached hydrogens (tertiary/aromatic N) is 1. The number of hydrogen-bond donors (Lipinski definition) is 1. The standard InChI is InChI=1S/C20H23IN2O3S/c1-15-13-18(21)7-8-19(15)22-20(24)17-9-11-23(12-10-17)27(25,26)14-16-5-3-2-4-6-16/h2-8,13,17H,9-12,14H2,1H3,(H,22,24). The molecule has 1 aliphatic heterocycles. The number of benzene rings is 2. The van der Waals surface area contributed by atoms with E-state index in [0.717, 1.165) is 20.4 Å². The van der Waals surface area contributed by atoms with E-state index in [2.05, 4.69) is 27.9 Å². The quantitative estimate of drug-likeness (QED) is 0.639. The van der Waals surface area contributed by atoms with Crippen LogP contribution in [0.3, 0.4) is 0 Å². The van der Waals surface area contributed by atoms with Crippen LogP contribution < -0.4 is 5.32 Å². The van der Waals surface area contributed by atoms with Gasteiger partial charge in [-0.25, -0.2) is 12.7 Å². The van der Waals surface area contributed by atoms with Crippen LogP contribution in [0.15, 0.2) is 48.5 Å². The first kappa shape index (κ1) is 20.3. The van der Waals surface area contributed by atoms with Gasteiger partial charge >= 0.3 is 0 Å². The number of rotatable bonds is 5. The topological polar surface area (TPSA) is 66.5 Å². The number of sulfonamides is 1. The summed E-state index contributed by atoms with van der Waals surface area (Å²) >= 11 is 2.24. The van der Waals surface area contributed by atoms with Gasteiger partial charge in [0.05, 0.1) is 5.75 Å². The van der Waals surface area contributed by atoms with Crippen LogP contribution in [0.2, 0.25) is 0 Å². The van der Waals surface area contributed by atoms with Crippen LogP contribution in [0.4, 0.5) is 5.69 Å². The number of halogens is 1. The van der Waals surface area contributed by atoms with Crippen LogP contribution >= 0.6 is 22.6 Å². The molecule has 2 aromatic rings. The molecular formula is C20H23IN2O3S. The number of nitrogens with one attached hydrogen (secondary N) is 1. The first-order chi connectivity index (χ1) is 12.8. The summed E-state index contributed by atoms with van der Waals surface area (Å²) in [5.74, 6) is -0.182. The molecule has 1 heterocycles. The highest BCUT2D eigenvalue weighted by molar-refractivity contribution is 14.1. The van der Waals surface area contributed by atoms with E-state index in [-0.39, 0.29) is 17.6 Å². The maximum Gasteiger partial charge on any atom is 0.227 e. The minimum absolute atomic E-state index is 0.00650. The molecule has 5 nitrogen and oxygen atoms in total. The van der Waals surface area contributed by atoms with Gasteiger partial charge in [-0.1, -0.05) is 30.3 Å². The average molecular weight is 498 g/mol. The minimum atomic E-state index is -3.36. The lowest BCUT2D eigenvalue weighted by Gasteiger charge is -2.30. The molecule has 7 heteroatoms. The van der Waals surface area contributed by atoms with Gasteiger partial charge in [0.25, 0.3) is 0 Å². The van der Waals surface area contributed by atoms with Gasteiger partial charge in [0.2, 0.25) is 15.9 Å². The van der Waals surface area contributed by atoms with Crippen molar-refractivity contribution in [2.45, 2.75) is 25.5 Å². The Bertz CT molecular complexity index is 908. The van der Waals surface area contributed by atoms with Crippen molar-refractivity contribution in [1.29, 1.82) is 0 Å². The van der Waals surface area contributed by atoms with E-state index in [0.29, 0.717) is 25.9 Å². The van der Waals surface area contributed by atoms with E-state index in [9.17, 15) is 13.2 Å². The van der Waals surface area contributed by atoms with Crippen molar-refractivity contribution >= 4 is 44.2 Å². The third-order valence-electron chi connectivity index (χ3n) is 4.86. The van der Waals surface area contributed by atoms with Crippen LogP contribution in [0, 0.1) is 16.4 Å². The van der Waals surface area contributed by atoms with Crippen molar-refractivity contribution in [2.75, 3.05) is 18.4 Å². The predicted octanol–water partition coefficient (Wildman–Crippen LogP) is 3.78. The molecule has 0 saturated carbocycles. The molecule has 2 aromatic carbocycles. The number of hydrogen-bond acceptors (Lipinski definition) is 3. The molecule has 1 saturated heterocycles. The highest BCUT2D eigenvalue weighted by Gasteiger charge is 2.31. The fourth-order valence-corrected chi connectivity index (χ4v) is 5.48. The van der Waals surface area contributed by atoms with Crippen LogP contribution in [0.1, 0.15) is 24.0 Å². The first-order valence-electron chi connectivity index (χ1n) is 8.94. The third kappa shape index (κ3) is 5.30. The number of anilines is 1. The summed E-state index contributed by atoms with van der Waals surface area (Å²) in [6, 6.07) is 15.1. The van der Waals surface area contributed by atoms with Crippen LogP contribution in [-0.4, -0.2) is 31.7 Å². The summed E-state index contributed by atoms with van der Waals surface area (Å²) in [5.41, 5.74) is 2.63. The molecule has 0 bridgehead atoms. The van der Waals surface area contributed by atoms with E-state index in [4.69, 9.17) is 0 Å². The zero-order chi connectivity index (χ0) is 19.4.